The van der Waals surface area contributed by atoms with Crippen LogP contribution >= 0.6 is 0 Å². The van der Waals surface area contributed by atoms with Gasteiger partial charge in [-0.3, -0.25) is 0 Å². The van der Waals surface area contributed by atoms with E-state index in [1.807, 2.05) is 30.3 Å². The van der Waals surface area contributed by atoms with E-state index in [9.17, 15) is 4.79 Å². The second kappa shape index (κ2) is 6.43. The highest BCUT2D eigenvalue weighted by atomic mass is 16.5. The molecular weight excluding hydrogens is 190 g/mol. The van der Waals surface area contributed by atoms with Gasteiger partial charge in [0.1, 0.15) is 5.75 Å². The van der Waals surface area contributed by atoms with Gasteiger partial charge < -0.3 is 10.1 Å². The van der Waals surface area contributed by atoms with E-state index >= 15 is 0 Å². The van der Waals surface area contributed by atoms with Crippen LogP contribution in [-0.2, 0) is 0 Å². The van der Waals surface area contributed by atoms with Gasteiger partial charge in [0.15, 0.2) is 0 Å². The van der Waals surface area contributed by atoms with Crippen molar-refractivity contribution in [2.45, 2.75) is 0 Å². The van der Waals surface area contributed by atoms with Crippen molar-refractivity contribution < 1.29 is 9.53 Å². The highest BCUT2D eigenvalue weighted by Gasteiger charge is 1.96. The summed E-state index contributed by atoms with van der Waals surface area (Å²) >= 11 is 0. The molecule has 78 valence electrons. The molecule has 0 unspecified atom stereocenters. The number of carbonyl (C=O) groups excluding carboxylic acids is 1. The van der Waals surface area contributed by atoms with E-state index in [1.54, 1.807) is 24.3 Å². The molecule has 1 N–H and O–H groups in total. The highest BCUT2D eigenvalue weighted by molar-refractivity contribution is 5.69. The predicted octanol–water partition coefficient (Wildman–Crippen LogP) is 2.53. The lowest BCUT2D eigenvalue weighted by molar-refractivity contribution is 0.203. The summed E-state index contributed by atoms with van der Waals surface area (Å²) < 4.78 is 4.99. The fraction of sp³-hybridized carbons (Fsp3) is 0.0833. The third kappa shape index (κ3) is 4.67. The Balaban J connectivity index is 2.93. The summed E-state index contributed by atoms with van der Waals surface area (Å²) in [6.07, 6.45) is -0.476. The van der Waals surface area contributed by atoms with Crippen molar-refractivity contribution in [2.24, 2.45) is 0 Å². The molecule has 3 heteroatoms. The Labute approximate surface area is 89.0 Å². The van der Waals surface area contributed by atoms with Gasteiger partial charge in [0.25, 0.3) is 0 Å². The lowest BCUT2D eigenvalue weighted by Gasteiger charge is -1.99. The first kappa shape index (κ1) is 11.0. The first-order valence-corrected chi connectivity index (χ1v) is 4.61. The topological polar surface area (TPSA) is 38.3 Å². The summed E-state index contributed by atoms with van der Waals surface area (Å²) in [5, 5.41) is 2.38. The van der Waals surface area contributed by atoms with Gasteiger partial charge >= 0.3 is 6.09 Å². The number of hydrogen-bond donors (Lipinski definition) is 1. The molecule has 0 bridgehead atoms. The molecule has 0 saturated carbocycles. The summed E-state index contributed by atoms with van der Waals surface area (Å²) in [6, 6.07) is 16.5. The van der Waals surface area contributed by atoms with Crippen LogP contribution in [0.1, 0.15) is 0 Å². The number of carbonyl (C=O) groups is 1. The molecule has 0 aromatic heterocycles. The highest BCUT2D eigenvalue weighted by Crippen LogP contribution is 2.05. The summed E-state index contributed by atoms with van der Waals surface area (Å²) in [7, 11) is 1.52. The van der Waals surface area contributed by atoms with Crippen molar-refractivity contribution in [3.63, 3.8) is 0 Å². The summed E-state index contributed by atoms with van der Waals surface area (Å²) in [5.41, 5.74) is 0. The van der Waals surface area contributed by atoms with E-state index in [4.69, 9.17) is 4.74 Å². The number of amides is 1. The fourth-order valence-electron chi connectivity index (χ4n) is 0.903. The maximum atomic E-state index is 11.0. The molecule has 3 nitrogen and oxygen atoms in total. The second-order valence-electron chi connectivity index (χ2n) is 2.72. The van der Waals surface area contributed by atoms with Crippen molar-refractivity contribution in [1.82, 2.24) is 5.32 Å². The van der Waals surface area contributed by atoms with Crippen LogP contribution in [-0.4, -0.2) is 13.1 Å². The molecule has 0 atom stereocenters. The van der Waals surface area contributed by atoms with Crippen molar-refractivity contribution in [2.75, 3.05) is 7.05 Å². The van der Waals surface area contributed by atoms with E-state index in [2.05, 4.69) is 5.32 Å². The molecule has 0 spiro atoms. The quantitative estimate of drug-likeness (QED) is 0.761. The standard InChI is InChI=1S/C12H13NO2/c1-13-12(14)15-11-9-7-5-3-2-4-6-8-10-11/h2-10H,1H3,(H,13,14). The Morgan fingerprint density at radius 1 is 1.00 bits per heavy atom. The molecule has 0 aliphatic carbocycles. The largest absolute Gasteiger partial charge is 0.412 e. The van der Waals surface area contributed by atoms with Gasteiger partial charge in [-0.2, -0.15) is 0 Å². The Bertz CT molecular complexity index is 351. The van der Waals surface area contributed by atoms with Crippen molar-refractivity contribution in [1.29, 1.82) is 0 Å². The monoisotopic (exact) mass is 203 g/mol. The Morgan fingerprint density at radius 3 is 1.93 bits per heavy atom. The minimum absolute atomic E-state index is 0.476. The molecule has 0 aliphatic heterocycles. The van der Waals surface area contributed by atoms with Crippen molar-refractivity contribution in [3.8, 4) is 5.75 Å². The molecule has 1 rings (SSSR count). The van der Waals surface area contributed by atoms with Gasteiger partial charge in [0, 0.05) is 7.05 Å². The van der Waals surface area contributed by atoms with Crippen LogP contribution in [0.25, 0.3) is 0 Å². The van der Waals surface area contributed by atoms with Gasteiger partial charge in [-0.1, -0.05) is 42.5 Å². The normalized spacial score (nSPS) is 8.60. The average molecular weight is 203 g/mol. The summed E-state index contributed by atoms with van der Waals surface area (Å²) in [5.74, 6) is 0.491. The third-order valence-corrected chi connectivity index (χ3v) is 1.60. The second-order valence-corrected chi connectivity index (χ2v) is 2.72. The Morgan fingerprint density at radius 2 is 1.47 bits per heavy atom. The molecule has 1 amide bonds. The third-order valence-electron chi connectivity index (χ3n) is 1.60. The molecule has 0 fully saturated rings. The smallest absolute Gasteiger partial charge is 0.410 e. The maximum absolute atomic E-state index is 11.0. The molecule has 0 radical (unpaired) electrons. The van der Waals surface area contributed by atoms with Crippen LogP contribution in [0.2, 0.25) is 0 Å². The van der Waals surface area contributed by atoms with Gasteiger partial charge in [-0.25, -0.2) is 4.79 Å². The van der Waals surface area contributed by atoms with Crippen molar-refractivity contribution >= 4 is 6.09 Å². The SMILES string of the molecule is CNC(=O)Oc1ccccccccc1. The van der Waals surface area contributed by atoms with Crippen LogP contribution in [0.15, 0.2) is 54.6 Å². The number of rotatable bonds is 1. The molecule has 0 heterocycles. The van der Waals surface area contributed by atoms with Gasteiger partial charge in [0.05, 0.1) is 0 Å². The first-order valence-electron chi connectivity index (χ1n) is 4.61. The predicted molar refractivity (Wildman–Crippen MR) is 59.2 cm³/mol. The minimum atomic E-state index is -0.476. The van der Waals surface area contributed by atoms with Gasteiger partial charge in [-0.15, -0.1) is 0 Å². The molecule has 15 heavy (non-hydrogen) atoms. The number of nitrogens with one attached hydrogen (secondary N) is 1. The molecule has 1 aromatic carbocycles. The maximum Gasteiger partial charge on any atom is 0.412 e. The molecule has 1 aromatic rings. The van der Waals surface area contributed by atoms with E-state index in [0.29, 0.717) is 5.75 Å². The Kier molecular flexibility index (Phi) is 4.73. The zero-order chi connectivity index (χ0) is 10.9. The van der Waals surface area contributed by atoms with E-state index in [0.717, 1.165) is 0 Å². The Hall–Kier alpha value is -2.03. The molecule has 0 saturated heterocycles. The van der Waals surface area contributed by atoms with Crippen molar-refractivity contribution in [3.05, 3.63) is 54.6 Å². The lowest BCUT2D eigenvalue weighted by Crippen LogP contribution is -2.21. The van der Waals surface area contributed by atoms with E-state index in [-0.39, 0.29) is 0 Å². The zero-order valence-corrected chi connectivity index (χ0v) is 8.51. The summed E-state index contributed by atoms with van der Waals surface area (Å²) in [4.78, 5) is 11.0. The molecule has 0 aliphatic rings. The van der Waals surface area contributed by atoms with Gasteiger partial charge in [0.2, 0.25) is 0 Å². The zero-order valence-electron chi connectivity index (χ0n) is 8.51. The van der Waals surface area contributed by atoms with Crippen LogP contribution in [0.4, 0.5) is 4.79 Å². The summed E-state index contributed by atoms with van der Waals surface area (Å²) in [6.45, 7) is 0. The number of hydrogen-bond acceptors (Lipinski definition) is 2. The van der Waals surface area contributed by atoms with E-state index < -0.39 is 6.09 Å². The fourth-order valence-corrected chi connectivity index (χ4v) is 0.903. The van der Waals surface area contributed by atoms with Crippen LogP contribution in [0, 0.1) is 0 Å². The number of ether oxygens (including phenoxy) is 1. The van der Waals surface area contributed by atoms with Crippen LogP contribution in [0.3, 0.4) is 0 Å². The van der Waals surface area contributed by atoms with Crippen LogP contribution < -0.4 is 10.1 Å². The lowest BCUT2D eigenvalue weighted by atomic mass is 10.4. The minimum Gasteiger partial charge on any atom is -0.410 e. The van der Waals surface area contributed by atoms with E-state index in [1.165, 1.54) is 7.05 Å². The first-order chi connectivity index (χ1) is 7.33. The van der Waals surface area contributed by atoms with Gasteiger partial charge in [-0.05, 0) is 12.1 Å². The molecular formula is C12H13NO2. The van der Waals surface area contributed by atoms with Crippen LogP contribution in [0.5, 0.6) is 5.75 Å². The average Bonchev–Trinajstić information content (AvgIpc) is 2.27.